The number of phenolic OH excluding ortho intramolecular Hbond substituents is 1. The van der Waals surface area contributed by atoms with E-state index in [2.05, 4.69) is 20.0 Å². The van der Waals surface area contributed by atoms with Gasteiger partial charge in [-0.2, -0.15) is 0 Å². The highest BCUT2D eigenvalue weighted by molar-refractivity contribution is 7.89. The van der Waals surface area contributed by atoms with Gasteiger partial charge in [-0.3, -0.25) is 4.79 Å². The summed E-state index contributed by atoms with van der Waals surface area (Å²) < 4.78 is 27.3. The van der Waals surface area contributed by atoms with Crippen LogP contribution in [0, 0.1) is 13.8 Å². The maximum absolute atomic E-state index is 12.4. The number of nitrogens with zero attached hydrogens (tertiary/aromatic N) is 2. The number of nitrogens with one attached hydrogen (secondary N) is 2. The number of phenols is 1. The first-order chi connectivity index (χ1) is 14.2. The molecule has 0 aliphatic carbocycles. The number of sulfonamides is 1. The van der Waals surface area contributed by atoms with E-state index in [4.69, 9.17) is 0 Å². The molecule has 3 rings (SSSR count). The van der Waals surface area contributed by atoms with Gasteiger partial charge in [0.25, 0.3) is 0 Å². The normalized spacial score (nSPS) is 11.3. The second-order valence-corrected chi connectivity index (χ2v) is 8.55. The molecule has 0 aliphatic rings. The lowest BCUT2D eigenvalue weighted by Crippen LogP contribution is -2.28. The third kappa shape index (κ3) is 5.40. The molecule has 8 nitrogen and oxygen atoms in total. The van der Waals surface area contributed by atoms with Crippen molar-refractivity contribution in [1.29, 1.82) is 0 Å². The number of carbonyl (C=O) groups is 1. The molecule has 0 saturated heterocycles. The Bertz CT molecular complexity index is 1160. The second-order valence-electron chi connectivity index (χ2n) is 6.81. The van der Waals surface area contributed by atoms with Crippen molar-refractivity contribution in [2.45, 2.75) is 25.2 Å². The Morgan fingerprint density at radius 2 is 1.80 bits per heavy atom. The van der Waals surface area contributed by atoms with Crippen molar-refractivity contribution < 1.29 is 18.3 Å². The number of carbonyl (C=O) groups excluding carboxylic acids is 1. The quantitative estimate of drug-likeness (QED) is 0.534. The fraction of sp³-hybridized carbons (Fsp3) is 0.190. The molecule has 3 aromatic rings. The fourth-order valence-electron chi connectivity index (χ4n) is 2.89. The lowest BCUT2D eigenvalue weighted by molar-refractivity contribution is -0.116. The van der Waals surface area contributed by atoms with Gasteiger partial charge in [0.1, 0.15) is 5.75 Å². The van der Waals surface area contributed by atoms with Crippen LogP contribution < -0.4 is 10.0 Å². The average Bonchev–Trinajstić information content (AvgIpc) is 2.68. The molecule has 0 fully saturated rings. The van der Waals surface area contributed by atoms with Crippen molar-refractivity contribution in [1.82, 2.24) is 14.7 Å². The molecule has 0 aliphatic heterocycles. The van der Waals surface area contributed by atoms with Gasteiger partial charge in [-0.05, 0) is 37.6 Å². The first-order valence-corrected chi connectivity index (χ1v) is 10.7. The Morgan fingerprint density at radius 1 is 1.07 bits per heavy atom. The number of amides is 1. The van der Waals surface area contributed by atoms with E-state index in [-0.39, 0.29) is 29.5 Å². The highest BCUT2D eigenvalue weighted by atomic mass is 32.2. The largest absolute Gasteiger partial charge is 0.508 e. The maximum atomic E-state index is 12.4. The van der Waals surface area contributed by atoms with Crippen LogP contribution in [0.3, 0.4) is 0 Å². The number of aromatic hydroxyl groups is 1. The summed E-state index contributed by atoms with van der Waals surface area (Å²) in [7, 11) is -3.69. The SMILES string of the molecule is Cc1ccc(S(=O)(=O)NCCC(=O)Nc2cnc(-c3cccc(O)c3)nc2)c(C)c1. The van der Waals surface area contributed by atoms with Crippen LogP contribution in [0.5, 0.6) is 5.75 Å². The smallest absolute Gasteiger partial charge is 0.240 e. The zero-order valence-corrected chi connectivity index (χ0v) is 17.4. The van der Waals surface area contributed by atoms with Crippen LogP contribution in [0.1, 0.15) is 17.5 Å². The second kappa shape index (κ2) is 9.02. The van der Waals surface area contributed by atoms with Gasteiger partial charge in [0.2, 0.25) is 15.9 Å². The lowest BCUT2D eigenvalue weighted by Gasteiger charge is -2.10. The molecule has 0 bridgehead atoms. The highest BCUT2D eigenvalue weighted by Gasteiger charge is 2.16. The first kappa shape index (κ1) is 21.4. The van der Waals surface area contributed by atoms with E-state index in [1.54, 1.807) is 43.3 Å². The van der Waals surface area contributed by atoms with Crippen LogP contribution in [0.15, 0.2) is 59.8 Å². The van der Waals surface area contributed by atoms with E-state index in [0.29, 0.717) is 22.6 Å². The number of aromatic nitrogens is 2. The fourth-order valence-corrected chi connectivity index (χ4v) is 4.14. The topological polar surface area (TPSA) is 121 Å². The van der Waals surface area contributed by atoms with E-state index < -0.39 is 10.0 Å². The monoisotopic (exact) mass is 426 g/mol. The zero-order chi connectivity index (χ0) is 21.7. The van der Waals surface area contributed by atoms with Crippen molar-refractivity contribution >= 4 is 21.6 Å². The third-order valence-corrected chi connectivity index (χ3v) is 5.93. The molecular weight excluding hydrogens is 404 g/mol. The van der Waals surface area contributed by atoms with Gasteiger partial charge in [0, 0.05) is 18.5 Å². The molecule has 0 atom stereocenters. The molecular formula is C21H22N4O4S. The summed E-state index contributed by atoms with van der Waals surface area (Å²) in [6.07, 6.45) is 2.85. The van der Waals surface area contributed by atoms with Gasteiger partial charge < -0.3 is 10.4 Å². The minimum absolute atomic E-state index is 0.0380. The summed E-state index contributed by atoms with van der Waals surface area (Å²) in [6.45, 7) is 3.58. The molecule has 0 saturated carbocycles. The van der Waals surface area contributed by atoms with Crippen molar-refractivity contribution in [3.05, 3.63) is 66.0 Å². The number of hydrogen-bond acceptors (Lipinski definition) is 6. The molecule has 0 unspecified atom stereocenters. The molecule has 0 spiro atoms. The predicted octanol–water partition coefficient (Wildman–Crippen LogP) is 2.77. The van der Waals surface area contributed by atoms with Gasteiger partial charge in [0.05, 0.1) is 23.0 Å². The summed E-state index contributed by atoms with van der Waals surface area (Å²) >= 11 is 0. The molecule has 2 aromatic carbocycles. The van der Waals surface area contributed by atoms with Crippen LogP contribution in [0.2, 0.25) is 0 Å². The van der Waals surface area contributed by atoms with Crippen LogP contribution in [-0.4, -0.2) is 35.9 Å². The number of benzene rings is 2. The zero-order valence-electron chi connectivity index (χ0n) is 16.6. The molecule has 1 amide bonds. The molecule has 30 heavy (non-hydrogen) atoms. The average molecular weight is 426 g/mol. The van der Waals surface area contributed by atoms with E-state index in [0.717, 1.165) is 5.56 Å². The Labute approximate surface area is 175 Å². The Hall–Kier alpha value is -3.30. The summed E-state index contributed by atoms with van der Waals surface area (Å²) in [6, 6.07) is 11.6. The van der Waals surface area contributed by atoms with Gasteiger partial charge in [0.15, 0.2) is 5.82 Å². The van der Waals surface area contributed by atoms with Crippen LogP contribution in [0.25, 0.3) is 11.4 Å². The van der Waals surface area contributed by atoms with Crippen LogP contribution in [0.4, 0.5) is 5.69 Å². The summed E-state index contributed by atoms with van der Waals surface area (Å²) in [5, 5.41) is 12.2. The molecule has 1 aromatic heterocycles. The third-order valence-electron chi connectivity index (χ3n) is 4.30. The summed E-state index contributed by atoms with van der Waals surface area (Å²) in [4.78, 5) is 20.7. The molecule has 3 N–H and O–H groups in total. The number of anilines is 1. The minimum atomic E-state index is -3.69. The van der Waals surface area contributed by atoms with Gasteiger partial charge in [-0.15, -0.1) is 0 Å². The lowest BCUT2D eigenvalue weighted by atomic mass is 10.2. The molecule has 9 heteroatoms. The first-order valence-electron chi connectivity index (χ1n) is 9.23. The van der Waals surface area contributed by atoms with Crippen molar-refractivity contribution in [2.75, 3.05) is 11.9 Å². The Morgan fingerprint density at radius 3 is 2.47 bits per heavy atom. The van der Waals surface area contributed by atoms with Crippen LogP contribution in [-0.2, 0) is 14.8 Å². The van der Waals surface area contributed by atoms with E-state index in [9.17, 15) is 18.3 Å². The Kier molecular flexibility index (Phi) is 6.43. The summed E-state index contributed by atoms with van der Waals surface area (Å²) in [5.41, 5.74) is 2.66. The van der Waals surface area contributed by atoms with E-state index in [1.807, 2.05) is 6.92 Å². The van der Waals surface area contributed by atoms with Gasteiger partial charge in [-0.25, -0.2) is 23.1 Å². The van der Waals surface area contributed by atoms with Crippen LogP contribution >= 0.6 is 0 Å². The highest BCUT2D eigenvalue weighted by Crippen LogP contribution is 2.20. The van der Waals surface area contributed by atoms with E-state index in [1.165, 1.54) is 18.5 Å². The summed E-state index contributed by atoms with van der Waals surface area (Å²) in [5.74, 6) is 0.147. The maximum Gasteiger partial charge on any atom is 0.240 e. The molecule has 1 heterocycles. The molecule has 156 valence electrons. The number of rotatable bonds is 7. The number of hydrogen-bond donors (Lipinski definition) is 3. The predicted molar refractivity (Wildman–Crippen MR) is 113 cm³/mol. The standard InChI is InChI=1S/C21H22N4O4S/c1-14-6-7-19(15(2)10-14)30(28,29)24-9-8-20(27)25-17-12-22-21(23-13-17)16-4-3-5-18(26)11-16/h3-7,10-13,24,26H,8-9H2,1-2H3,(H,25,27). The van der Waals surface area contributed by atoms with Gasteiger partial charge >= 0.3 is 0 Å². The van der Waals surface area contributed by atoms with Crippen molar-refractivity contribution in [3.63, 3.8) is 0 Å². The Balaban J connectivity index is 1.54. The number of aryl methyl sites for hydroxylation is 2. The van der Waals surface area contributed by atoms with Gasteiger partial charge in [-0.1, -0.05) is 29.8 Å². The molecule has 0 radical (unpaired) electrons. The minimum Gasteiger partial charge on any atom is -0.508 e. The van der Waals surface area contributed by atoms with Crippen molar-refractivity contribution in [2.24, 2.45) is 0 Å². The van der Waals surface area contributed by atoms with Crippen molar-refractivity contribution in [3.8, 4) is 17.1 Å². The van der Waals surface area contributed by atoms with E-state index >= 15 is 0 Å².